The molecule has 1 atom stereocenters. The van der Waals surface area contributed by atoms with Gasteiger partial charge < -0.3 is 35.4 Å². The van der Waals surface area contributed by atoms with Crippen molar-refractivity contribution in [1.29, 1.82) is 0 Å². The van der Waals surface area contributed by atoms with Crippen LogP contribution < -0.4 is 20.1 Å². The number of phenols is 2. The summed E-state index contributed by atoms with van der Waals surface area (Å²) in [5.74, 6) is -0.486. The lowest BCUT2D eigenvalue weighted by Crippen LogP contribution is -2.39. The van der Waals surface area contributed by atoms with Crippen LogP contribution in [0.15, 0.2) is 42.2 Å². The van der Waals surface area contributed by atoms with Gasteiger partial charge in [0.15, 0.2) is 11.4 Å². The number of aromatic hydroxyl groups is 3. The van der Waals surface area contributed by atoms with E-state index in [2.05, 4.69) is 15.1 Å². The van der Waals surface area contributed by atoms with Gasteiger partial charge in [-0.05, 0) is 70.0 Å². The molecule has 0 spiro atoms. The molecule has 1 unspecified atom stereocenters. The number of ketones is 1. The number of aryl methyl sites for hydroxylation is 1. The van der Waals surface area contributed by atoms with Gasteiger partial charge in [-0.25, -0.2) is 9.67 Å². The highest BCUT2D eigenvalue weighted by molar-refractivity contribution is 6.14. The average molecular weight is 676 g/mol. The summed E-state index contributed by atoms with van der Waals surface area (Å²) in [4.78, 5) is 41.7. The molecule has 1 amide bonds. The number of ether oxygens (including phenoxy) is 2. The zero-order valence-electron chi connectivity index (χ0n) is 27.7. The SMILES string of the molecule is COc1ccc(-n2nc(C)c3c2C=C2Oc4c(-c5ccc6c(O)nc(N7CCC(C(N)=O)CC7)nc6n5)c(O)c(C)c(O)c4C2(C)C3=O)cc1. The molecule has 14 heteroatoms. The first-order chi connectivity index (χ1) is 23.9. The number of aromatic nitrogens is 5. The molecule has 2 aliphatic heterocycles. The number of anilines is 1. The van der Waals surface area contributed by atoms with Crippen molar-refractivity contribution in [2.75, 3.05) is 25.1 Å². The maximum atomic E-state index is 14.5. The second-order valence-electron chi connectivity index (χ2n) is 13.0. The third kappa shape index (κ3) is 4.33. The van der Waals surface area contributed by atoms with Crippen LogP contribution in [0.1, 0.15) is 52.6 Å². The molecule has 8 rings (SSSR count). The van der Waals surface area contributed by atoms with Crippen LogP contribution in [-0.2, 0) is 10.2 Å². The van der Waals surface area contributed by atoms with Gasteiger partial charge in [-0.15, -0.1) is 0 Å². The number of hydrogen-bond acceptors (Lipinski definition) is 12. The number of allylic oxidation sites excluding steroid dienone is 1. The molecule has 50 heavy (non-hydrogen) atoms. The third-order valence-corrected chi connectivity index (χ3v) is 10.2. The summed E-state index contributed by atoms with van der Waals surface area (Å²) in [5, 5.41) is 38.8. The van der Waals surface area contributed by atoms with Crippen LogP contribution in [0, 0.1) is 19.8 Å². The summed E-state index contributed by atoms with van der Waals surface area (Å²) < 4.78 is 13.4. The molecule has 254 valence electrons. The van der Waals surface area contributed by atoms with Crippen molar-refractivity contribution >= 4 is 34.7 Å². The standard InChI is InChI=1S/C36H33N7O7/c1-16-28(44)26(22-10-9-21-33(38-22)39-35(40-34(21)48)42-13-11-18(12-14-42)32(37)47)30-27(29(16)45)36(3)24(50-30)15-23-25(31(36)46)17(2)41-43(23)19-5-7-20(49-4)8-6-19/h5-10,15,18,44-45H,11-14H2,1-4H3,(H2,37,47)(H,38,39,40,48). The van der Waals surface area contributed by atoms with Crippen LogP contribution >= 0.6 is 0 Å². The number of carbonyl (C=O) groups excluding carboxylic acids is 2. The summed E-state index contributed by atoms with van der Waals surface area (Å²) in [5.41, 5.74) is 7.05. The summed E-state index contributed by atoms with van der Waals surface area (Å²) in [7, 11) is 1.58. The fraction of sp³-hybridized carbons (Fsp3) is 0.278. The molecule has 2 aromatic carbocycles. The van der Waals surface area contributed by atoms with Crippen molar-refractivity contribution in [3.8, 4) is 45.8 Å². The van der Waals surface area contributed by atoms with Crippen molar-refractivity contribution in [2.24, 2.45) is 11.7 Å². The van der Waals surface area contributed by atoms with E-state index in [0.29, 0.717) is 54.3 Å². The molecular formula is C36H33N7O7. The van der Waals surface area contributed by atoms with Crippen molar-refractivity contribution in [3.05, 3.63) is 70.2 Å². The monoisotopic (exact) mass is 675 g/mol. The van der Waals surface area contributed by atoms with Crippen LogP contribution in [0.3, 0.4) is 0 Å². The first-order valence-electron chi connectivity index (χ1n) is 16.1. The van der Waals surface area contributed by atoms with Crippen molar-refractivity contribution in [2.45, 2.75) is 39.0 Å². The Morgan fingerprint density at radius 3 is 2.40 bits per heavy atom. The maximum absolute atomic E-state index is 14.5. The Bertz CT molecular complexity index is 2320. The molecule has 0 bridgehead atoms. The lowest BCUT2D eigenvalue weighted by molar-refractivity contribution is -0.122. The second kappa shape index (κ2) is 10.9. The molecule has 3 aromatic heterocycles. The normalized spacial score (nSPS) is 18.4. The van der Waals surface area contributed by atoms with Crippen molar-refractivity contribution < 1.29 is 34.4 Å². The number of pyridine rings is 1. The highest BCUT2D eigenvalue weighted by atomic mass is 16.5. The van der Waals surface area contributed by atoms with Crippen LogP contribution in [0.2, 0.25) is 0 Å². The van der Waals surface area contributed by atoms with Crippen LogP contribution in [0.25, 0.3) is 34.1 Å². The van der Waals surface area contributed by atoms with Crippen LogP contribution in [0.4, 0.5) is 5.95 Å². The fourth-order valence-electron chi connectivity index (χ4n) is 7.25. The number of fused-ring (bicyclic) bond motifs is 5. The molecule has 5 aromatic rings. The number of benzene rings is 2. The zero-order chi connectivity index (χ0) is 35.2. The number of primary amides is 1. The quantitative estimate of drug-likeness (QED) is 0.207. The number of phenolic OH excluding ortho intramolecular Hbond substituents is 2. The first-order valence-corrected chi connectivity index (χ1v) is 16.1. The highest BCUT2D eigenvalue weighted by Crippen LogP contribution is 2.60. The van der Waals surface area contributed by atoms with Gasteiger partial charge in [0.25, 0.3) is 0 Å². The van der Waals surface area contributed by atoms with Gasteiger partial charge in [-0.2, -0.15) is 15.1 Å². The maximum Gasteiger partial charge on any atom is 0.230 e. The predicted molar refractivity (Wildman–Crippen MR) is 182 cm³/mol. The van der Waals surface area contributed by atoms with E-state index in [1.807, 2.05) is 17.0 Å². The van der Waals surface area contributed by atoms with Gasteiger partial charge in [0.05, 0.1) is 52.0 Å². The van der Waals surface area contributed by atoms with E-state index in [1.165, 1.54) is 0 Å². The minimum atomic E-state index is -1.44. The molecule has 0 saturated carbocycles. The van der Waals surface area contributed by atoms with E-state index in [9.17, 15) is 24.9 Å². The zero-order valence-corrected chi connectivity index (χ0v) is 27.7. The predicted octanol–water partition coefficient (Wildman–Crippen LogP) is 4.21. The molecule has 1 fully saturated rings. The van der Waals surface area contributed by atoms with E-state index in [1.54, 1.807) is 62.9 Å². The Balaban J connectivity index is 1.25. The lowest BCUT2D eigenvalue weighted by atomic mass is 9.71. The van der Waals surface area contributed by atoms with Gasteiger partial charge in [0.1, 0.15) is 34.2 Å². The van der Waals surface area contributed by atoms with Gasteiger partial charge in [0.2, 0.25) is 17.7 Å². The van der Waals surface area contributed by atoms with E-state index in [0.717, 1.165) is 0 Å². The van der Waals surface area contributed by atoms with E-state index >= 15 is 0 Å². The molecule has 1 saturated heterocycles. The molecule has 1 aliphatic carbocycles. The number of amides is 1. The number of carbonyl (C=O) groups is 2. The Hall–Kier alpha value is -6.18. The largest absolute Gasteiger partial charge is 0.507 e. The molecule has 5 N–H and O–H groups in total. The summed E-state index contributed by atoms with van der Waals surface area (Å²) in [6.45, 7) is 5.93. The average Bonchev–Trinajstić information content (AvgIpc) is 3.61. The van der Waals surface area contributed by atoms with Gasteiger partial charge >= 0.3 is 0 Å². The highest BCUT2D eigenvalue weighted by Gasteiger charge is 2.55. The molecule has 14 nitrogen and oxygen atoms in total. The summed E-state index contributed by atoms with van der Waals surface area (Å²) >= 11 is 0. The Morgan fingerprint density at radius 2 is 1.72 bits per heavy atom. The lowest BCUT2D eigenvalue weighted by Gasteiger charge is -2.30. The Morgan fingerprint density at radius 1 is 1.00 bits per heavy atom. The van der Waals surface area contributed by atoms with Gasteiger partial charge in [-0.1, -0.05) is 0 Å². The smallest absolute Gasteiger partial charge is 0.230 e. The van der Waals surface area contributed by atoms with Crippen LogP contribution in [-0.4, -0.2) is 71.9 Å². The fourth-order valence-corrected chi connectivity index (χ4v) is 7.25. The van der Waals surface area contributed by atoms with Crippen LogP contribution in [0.5, 0.6) is 28.9 Å². The summed E-state index contributed by atoms with van der Waals surface area (Å²) in [6.07, 6.45) is 2.80. The molecule has 0 radical (unpaired) electrons. The number of rotatable bonds is 5. The van der Waals surface area contributed by atoms with Gasteiger partial charge in [-0.3, -0.25) is 9.59 Å². The number of methoxy groups -OCH3 is 1. The molecular weight excluding hydrogens is 642 g/mol. The number of Topliss-reactive ketones (excluding diaryl/α,β-unsaturated/α-hetero) is 1. The molecule has 5 heterocycles. The third-order valence-electron chi connectivity index (χ3n) is 10.2. The Kier molecular flexibility index (Phi) is 6.79. The number of nitrogens with two attached hydrogens (primary N) is 1. The number of hydrogen-bond donors (Lipinski definition) is 4. The number of piperidine rings is 1. The minimum Gasteiger partial charge on any atom is -0.507 e. The molecule has 3 aliphatic rings. The second-order valence-corrected chi connectivity index (χ2v) is 13.0. The van der Waals surface area contributed by atoms with E-state index in [-0.39, 0.29) is 85.9 Å². The first kappa shape index (κ1) is 31.1. The van der Waals surface area contributed by atoms with Crippen molar-refractivity contribution in [1.82, 2.24) is 24.7 Å². The van der Waals surface area contributed by atoms with Gasteiger partial charge in [0, 0.05) is 30.6 Å². The van der Waals surface area contributed by atoms with E-state index < -0.39 is 5.41 Å². The Labute approximate surface area is 285 Å². The topological polar surface area (TPSA) is 199 Å². The minimum absolute atomic E-state index is 0.0818. The van der Waals surface area contributed by atoms with E-state index in [4.69, 9.17) is 20.2 Å². The summed E-state index contributed by atoms with van der Waals surface area (Å²) in [6, 6.07) is 10.4. The van der Waals surface area contributed by atoms with Crippen molar-refractivity contribution in [3.63, 3.8) is 0 Å². The number of nitrogens with zero attached hydrogens (tertiary/aromatic N) is 6.